The summed E-state index contributed by atoms with van der Waals surface area (Å²) in [5, 5.41) is 2.38. The maximum absolute atomic E-state index is 5.88. The summed E-state index contributed by atoms with van der Waals surface area (Å²) < 4.78 is 11.3. The van der Waals surface area contributed by atoms with Crippen molar-refractivity contribution in [2.75, 3.05) is 46.4 Å². The number of hydrogen-bond acceptors (Lipinski definition) is 2. The standard InChI is InChI=1S/C16H24N2O2/c1-3-4-14-5-6-15(16(13-14)19-2)20-12-11-18-9-7-17-8-10-18/h3,5-6,13,17H,1,4,7-12H2,2H3/p+2. The highest BCUT2D eigenvalue weighted by Crippen LogP contribution is 2.28. The first kappa shape index (κ1) is 14.9. The average molecular weight is 278 g/mol. The van der Waals surface area contributed by atoms with Gasteiger partial charge in [-0.05, 0) is 24.1 Å². The summed E-state index contributed by atoms with van der Waals surface area (Å²) in [5.74, 6) is 1.65. The van der Waals surface area contributed by atoms with Gasteiger partial charge in [-0.25, -0.2) is 0 Å². The van der Waals surface area contributed by atoms with E-state index in [0.29, 0.717) is 0 Å². The molecule has 1 aliphatic rings. The Morgan fingerprint density at radius 3 is 2.80 bits per heavy atom. The molecule has 0 bridgehead atoms. The molecular weight excluding hydrogens is 252 g/mol. The first-order valence-electron chi connectivity index (χ1n) is 7.39. The third kappa shape index (κ3) is 4.25. The Morgan fingerprint density at radius 2 is 2.10 bits per heavy atom. The van der Waals surface area contributed by atoms with Crippen LogP contribution in [0.15, 0.2) is 30.9 Å². The molecule has 0 saturated carbocycles. The molecule has 1 aromatic carbocycles. The van der Waals surface area contributed by atoms with E-state index in [1.54, 1.807) is 12.0 Å². The minimum Gasteiger partial charge on any atom is -0.493 e. The number of ether oxygens (including phenoxy) is 2. The molecule has 1 fully saturated rings. The third-order valence-electron chi connectivity index (χ3n) is 3.73. The maximum atomic E-state index is 5.88. The van der Waals surface area contributed by atoms with E-state index in [2.05, 4.69) is 18.0 Å². The maximum Gasteiger partial charge on any atom is 0.161 e. The van der Waals surface area contributed by atoms with Crippen molar-refractivity contribution in [2.45, 2.75) is 6.42 Å². The summed E-state index contributed by atoms with van der Waals surface area (Å²) >= 11 is 0. The van der Waals surface area contributed by atoms with Gasteiger partial charge in [0.15, 0.2) is 11.5 Å². The highest BCUT2D eigenvalue weighted by atomic mass is 16.5. The average Bonchev–Trinajstić information content (AvgIpc) is 2.50. The van der Waals surface area contributed by atoms with Crippen molar-refractivity contribution >= 4 is 0 Å². The van der Waals surface area contributed by atoms with Crippen LogP contribution in [0.1, 0.15) is 5.56 Å². The number of nitrogens with one attached hydrogen (secondary N) is 1. The van der Waals surface area contributed by atoms with E-state index in [0.717, 1.165) is 31.1 Å². The Bertz CT molecular complexity index is 428. The lowest BCUT2D eigenvalue weighted by Crippen LogP contribution is -3.20. The molecular formula is C16H26N2O2+2. The van der Waals surface area contributed by atoms with Crippen molar-refractivity contribution in [3.8, 4) is 11.5 Å². The number of quaternary nitrogens is 2. The fraction of sp³-hybridized carbons (Fsp3) is 0.500. The third-order valence-corrected chi connectivity index (χ3v) is 3.73. The molecule has 0 aliphatic carbocycles. The van der Waals surface area contributed by atoms with Crippen LogP contribution in [0.2, 0.25) is 0 Å². The molecule has 0 spiro atoms. The number of benzene rings is 1. The summed E-state index contributed by atoms with van der Waals surface area (Å²) in [4.78, 5) is 1.63. The Balaban J connectivity index is 1.86. The van der Waals surface area contributed by atoms with E-state index in [-0.39, 0.29) is 0 Å². The van der Waals surface area contributed by atoms with E-state index in [9.17, 15) is 0 Å². The van der Waals surface area contributed by atoms with Crippen LogP contribution in [0.5, 0.6) is 11.5 Å². The molecule has 1 heterocycles. The minimum absolute atomic E-state index is 0.743. The molecule has 0 radical (unpaired) electrons. The zero-order valence-corrected chi connectivity index (χ0v) is 12.4. The number of piperazine rings is 1. The molecule has 0 atom stereocenters. The van der Waals surface area contributed by atoms with Gasteiger partial charge in [0.1, 0.15) is 39.3 Å². The van der Waals surface area contributed by atoms with Crippen LogP contribution >= 0.6 is 0 Å². The lowest BCUT2D eigenvalue weighted by Gasteiger charge is -2.22. The molecule has 20 heavy (non-hydrogen) atoms. The summed E-state index contributed by atoms with van der Waals surface area (Å²) in [6, 6.07) is 6.10. The van der Waals surface area contributed by atoms with E-state index in [1.165, 1.54) is 31.7 Å². The van der Waals surface area contributed by atoms with Gasteiger partial charge >= 0.3 is 0 Å². The fourth-order valence-corrected chi connectivity index (χ4v) is 2.56. The largest absolute Gasteiger partial charge is 0.493 e. The van der Waals surface area contributed by atoms with Crippen LogP contribution in [-0.4, -0.2) is 46.4 Å². The van der Waals surface area contributed by atoms with Crippen molar-refractivity contribution in [3.63, 3.8) is 0 Å². The molecule has 1 saturated heterocycles. The van der Waals surface area contributed by atoms with Gasteiger partial charge in [-0.15, -0.1) is 6.58 Å². The SMILES string of the molecule is C=CCc1ccc(OCC[NH+]2CC[NH2+]CC2)c(OC)c1. The molecule has 4 nitrogen and oxygen atoms in total. The second-order valence-corrected chi connectivity index (χ2v) is 5.19. The summed E-state index contributed by atoms with van der Waals surface area (Å²) in [6.07, 6.45) is 2.75. The van der Waals surface area contributed by atoms with Gasteiger partial charge in [-0.2, -0.15) is 0 Å². The summed E-state index contributed by atoms with van der Waals surface area (Å²) in [5.41, 5.74) is 1.20. The predicted octanol–water partition coefficient (Wildman–Crippen LogP) is -0.736. The van der Waals surface area contributed by atoms with Crippen molar-refractivity contribution in [3.05, 3.63) is 36.4 Å². The van der Waals surface area contributed by atoms with E-state index < -0.39 is 0 Å². The van der Waals surface area contributed by atoms with Gasteiger partial charge in [-0.1, -0.05) is 12.1 Å². The first-order chi connectivity index (χ1) is 9.83. The van der Waals surface area contributed by atoms with Crippen LogP contribution in [0.4, 0.5) is 0 Å². The van der Waals surface area contributed by atoms with Crippen LogP contribution in [0.25, 0.3) is 0 Å². The van der Waals surface area contributed by atoms with Crippen molar-refractivity contribution in [2.24, 2.45) is 0 Å². The van der Waals surface area contributed by atoms with E-state index in [4.69, 9.17) is 9.47 Å². The summed E-state index contributed by atoms with van der Waals surface area (Å²) in [7, 11) is 1.69. The van der Waals surface area contributed by atoms with E-state index in [1.807, 2.05) is 18.2 Å². The number of rotatable bonds is 7. The Labute approximate surface area is 121 Å². The molecule has 1 aliphatic heterocycles. The highest BCUT2D eigenvalue weighted by Gasteiger charge is 2.15. The van der Waals surface area contributed by atoms with Crippen LogP contribution in [-0.2, 0) is 6.42 Å². The normalized spacial score (nSPS) is 15.8. The second-order valence-electron chi connectivity index (χ2n) is 5.19. The first-order valence-corrected chi connectivity index (χ1v) is 7.39. The quantitative estimate of drug-likeness (QED) is 0.645. The topological polar surface area (TPSA) is 39.5 Å². The Hall–Kier alpha value is -1.52. The lowest BCUT2D eigenvalue weighted by molar-refractivity contribution is -0.946. The molecule has 0 amide bonds. The Kier molecular flexibility index (Phi) is 5.89. The van der Waals surface area contributed by atoms with Gasteiger partial charge < -0.3 is 19.7 Å². The molecule has 0 unspecified atom stereocenters. The number of nitrogens with two attached hydrogens (primary N) is 1. The Morgan fingerprint density at radius 1 is 1.30 bits per heavy atom. The van der Waals surface area contributed by atoms with Gasteiger partial charge in [0.25, 0.3) is 0 Å². The van der Waals surface area contributed by atoms with Gasteiger partial charge in [0, 0.05) is 0 Å². The summed E-state index contributed by atoms with van der Waals surface area (Å²) in [6.45, 7) is 10.5. The molecule has 3 N–H and O–H groups in total. The molecule has 2 rings (SSSR count). The number of hydrogen-bond donors (Lipinski definition) is 2. The minimum atomic E-state index is 0.743. The molecule has 4 heteroatoms. The molecule has 1 aromatic rings. The molecule has 0 aromatic heterocycles. The van der Waals surface area contributed by atoms with Gasteiger partial charge in [0.05, 0.1) is 7.11 Å². The highest BCUT2D eigenvalue weighted by molar-refractivity contribution is 5.43. The smallest absolute Gasteiger partial charge is 0.161 e. The van der Waals surface area contributed by atoms with Gasteiger partial charge in [-0.3, -0.25) is 0 Å². The predicted molar refractivity (Wildman–Crippen MR) is 79.6 cm³/mol. The van der Waals surface area contributed by atoms with Crippen LogP contribution in [0, 0.1) is 0 Å². The van der Waals surface area contributed by atoms with Crippen LogP contribution < -0.4 is 19.7 Å². The second kappa shape index (κ2) is 7.92. The molecule has 110 valence electrons. The van der Waals surface area contributed by atoms with Crippen molar-refractivity contribution in [1.82, 2.24) is 0 Å². The zero-order chi connectivity index (χ0) is 14.2. The fourth-order valence-electron chi connectivity index (χ4n) is 2.56. The van der Waals surface area contributed by atoms with Crippen molar-refractivity contribution in [1.29, 1.82) is 0 Å². The monoisotopic (exact) mass is 278 g/mol. The number of methoxy groups -OCH3 is 1. The van der Waals surface area contributed by atoms with Crippen molar-refractivity contribution < 1.29 is 19.7 Å². The zero-order valence-electron chi connectivity index (χ0n) is 12.4. The lowest BCUT2D eigenvalue weighted by atomic mass is 10.1. The van der Waals surface area contributed by atoms with Gasteiger partial charge in [0.2, 0.25) is 0 Å². The number of allylic oxidation sites excluding steroid dienone is 1. The van der Waals surface area contributed by atoms with Crippen LogP contribution in [0.3, 0.4) is 0 Å². The van der Waals surface area contributed by atoms with E-state index >= 15 is 0 Å².